The standard InChI is InChI=1S/C22H30O6S/c1-10(2)14-8-17(23)27-16-9-15(11(3)12(4)18(14)16)28-21-19(24)20(25)22(6,26-7)13(5)29-21/h8-10,13,19-21,24-25H,1-7H3/t13?,19-,20-,21-,22-/m1/s1/i8D. The molecule has 2 N–H and O–H groups in total. The van der Waals surface area contributed by atoms with Gasteiger partial charge in [0.05, 0.1) is 1.37 Å². The monoisotopic (exact) mass is 423 g/mol. The summed E-state index contributed by atoms with van der Waals surface area (Å²) < 4.78 is 25.2. The van der Waals surface area contributed by atoms with E-state index in [9.17, 15) is 15.0 Å². The molecule has 0 amide bonds. The highest BCUT2D eigenvalue weighted by Crippen LogP contribution is 2.43. The minimum absolute atomic E-state index is 0.0209. The molecule has 2 heterocycles. The molecule has 0 bridgehead atoms. The number of hydrogen-bond acceptors (Lipinski definition) is 7. The summed E-state index contributed by atoms with van der Waals surface area (Å²) in [5, 5.41) is 21.9. The Morgan fingerprint density at radius 1 is 1.31 bits per heavy atom. The fourth-order valence-electron chi connectivity index (χ4n) is 3.78. The summed E-state index contributed by atoms with van der Waals surface area (Å²) in [6.07, 6.45) is -2.29. The number of benzene rings is 1. The van der Waals surface area contributed by atoms with Crippen molar-refractivity contribution in [1.29, 1.82) is 0 Å². The van der Waals surface area contributed by atoms with E-state index >= 15 is 0 Å². The SMILES string of the molecule is [2H]c1c(C(C)C)c2c(C)c(C)c(O[C@@H]3SC(C)[C@@](C)(OC)[C@H](O)[C@H]3O)cc2oc1=O. The van der Waals surface area contributed by atoms with Gasteiger partial charge in [-0.25, -0.2) is 4.79 Å². The van der Waals surface area contributed by atoms with Crippen molar-refractivity contribution < 1.29 is 25.5 Å². The van der Waals surface area contributed by atoms with Gasteiger partial charge in [-0.1, -0.05) is 20.8 Å². The average Bonchev–Trinajstić information content (AvgIpc) is 2.69. The zero-order valence-corrected chi connectivity index (χ0v) is 18.7. The van der Waals surface area contributed by atoms with E-state index in [2.05, 4.69) is 0 Å². The maximum Gasteiger partial charge on any atom is 0.336 e. The topological polar surface area (TPSA) is 89.1 Å². The number of thioether (sulfide) groups is 1. The van der Waals surface area contributed by atoms with Crippen molar-refractivity contribution >= 4 is 22.7 Å². The van der Waals surface area contributed by atoms with E-state index in [1.54, 1.807) is 13.0 Å². The molecule has 0 aliphatic carbocycles. The van der Waals surface area contributed by atoms with E-state index < -0.39 is 28.9 Å². The Morgan fingerprint density at radius 3 is 2.55 bits per heavy atom. The first kappa shape index (κ1) is 20.7. The third-order valence-corrected chi connectivity index (χ3v) is 7.64. The zero-order chi connectivity index (χ0) is 22.5. The largest absolute Gasteiger partial charge is 0.477 e. The van der Waals surface area contributed by atoms with Gasteiger partial charge in [-0.15, -0.1) is 11.8 Å². The van der Waals surface area contributed by atoms with Gasteiger partial charge in [0.1, 0.15) is 29.1 Å². The number of rotatable bonds is 4. The van der Waals surface area contributed by atoms with Gasteiger partial charge < -0.3 is 24.1 Å². The van der Waals surface area contributed by atoms with Crippen LogP contribution in [0.4, 0.5) is 0 Å². The maximum absolute atomic E-state index is 12.2. The Hall–Kier alpha value is -1.54. The summed E-state index contributed by atoms with van der Waals surface area (Å²) in [7, 11) is 1.51. The highest BCUT2D eigenvalue weighted by Gasteiger charge is 2.52. The lowest BCUT2D eigenvalue weighted by atomic mass is 9.90. The first-order valence-corrected chi connectivity index (χ1v) is 10.7. The van der Waals surface area contributed by atoms with Crippen LogP contribution in [0.3, 0.4) is 0 Å². The summed E-state index contributed by atoms with van der Waals surface area (Å²) in [6, 6.07) is 1.52. The minimum atomic E-state index is -1.17. The molecule has 0 spiro atoms. The molecular weight excluding hydrogens is 392 g/mol. The van der Waals surface area contributed by atoms with Gasteiger partial charge in [0.25, 0.3) is 0 Å². The first-order chi connectivity index (χ1) is 13.9. The second kappa shape index (κ2) is 7.95. The number of aliphatic hydroxyl groups is 2. The lowest BCUT2D eigenvalue weighted by molar-refractivity contribution is -0.150. The maximum atomic E-state index is 12.2. The van der Waals surface area contributed by atoms with Crippen LogP contribution in [0.5, 0.6) is 5.75 Å². The Labute approximate surface area is 176 Å². The quantitative estimate of drug-likeness (QED) is 0.728. The number of ether oxygens (including phenoxy) is 2. The summed E-state index contributed by atoms with van der Waals surface area (Å²) in [6.45, 7) is 11.4. The van der Waals surface area contributed by atoms with Crippen LogP contribution in [-0.2, 0) is 4.74 Å². The normalized spacial score (nSPS) is 30.6. The van der Waals surface area contributed by atoms with Gasteiger partial charge in [0, 0.05) is 29.9 Å². The minimum Gasteiger partial charge on any atom is -0.477 e. The summed E-state index contributed by atoms with van der Waals surface area (Å²) in [5.41, 5.74) is 0.375. The van der Waals surface area contributed by atoms with E-state index in [1.165, 1.54) is 18.9 Å². The summed E-state index contributed by atoms with van der Waals surface area (Å²) in [5.74, 6) is 0.444. The Morgan fingerprint density at radius 2 is 1.97 bits per heavy atom. The number of fused-ring (bicyclic) bond motifs is 1. The summed E-state index contributed by atoms with van der Waals surface area (Å²) in [4.78, 5) is 12.2. The second-order valence-electron chi connectivity index (χ2n) is 8.17. The molecule has 1 fully saturated rings. The van der Waals surface area contributed by atoms with Crippen LogP contribution in [0.15, 0.2) is 21.3 Å². The molecule has 5 atom stereocenters. The van der Waals surface area contributed by atoms with Gasteiger partial charge in [-0.05, 0) is 43.4 Å². The predicted octanol–water partition coefficient (Wildman–Crippen LogP) is 3.50. The molecule has 29 heavy (non-hydrogen) atoms. The molecule has 1 aliphatic rings. The Balaban J connectivity index is 2.07. The predicted molar refractivity (Wildman–Crippen MR) is 115 cm³/mol. The van der Waals surface area contributed by atoms with E-state index in [-0.39, 0.29) is 17.2 Å². The van der Waals surface area contributed by atoms with Crippen molar-refractivity contribution in [3.05, 3.63) is 39.2 Å². The van der Waals surface area contributed by atoms with Crippen molar-refractivity contribution in [2.75, 3.05) is 7.11 Å². The number of hydrogen-bond donors (Lipinski definition) is 2. The smallest absolute Gasteiger partial charge is 0.336 e. The molecule has 6 nitrogen and oxygen atoms in total. The van der Waals surface area contributed by atoms with Crippen LogP contribution >= 0.6 is 11.8 Å². The average molecular weight is 424 g/mol. The number of methoxy groups -OCH3 is 1. The lowest BCUT2D eigenvalue weighted by Gasteiger charge is -2.47. The fourth-order valence-corrected chi connectivity index (χ4v) is 5.16. The zero-order valence-electron chi connectivity index (χ0n) is 18.9. The van der Waals surface area contributed by atoms with Crippen LogP contribution in [0.2, 0.25) is 0 Å². The Bertz CT molecular complexity index is 1020. The van der Waals surface area contributed by atoms with Crippen LogP contribution < -0.4 is 10.4 Å². The molecule has 0 radical (unpaired) electrons. The van der Waals surface area contributed by atoms with Gasteiger partial charge in [0.15, 0.2) is 5.44 Å². The molecule has 2 aromatic rings. The molecule has 1 aromatic heterocycles. The van der Waals surface area contributed by atoms with Crippen LogP contribution in [0, 0.1) is 13.8 Å². The third kappa shape index (κ3) is 3.69. The fraction of sp³-hybridized carbons (Fsp3) is 0.591. The second-order valence-corrected chi connectivity index (χ2v) is 9.61. The van der Waals surface area contributed by atoms with Crippen molar-refractivity contribution in [2.45, 2.75) is 76.0 Å². The molecule has 0 saturated carbocycles. The van der Waals surface area contributed by atoms with E-state index in [0.717, 1.165) is 16.5 Å². The van der Waals surface area contributed by atoms with Crippen LogP contribution in [-0.4, -0.2) is 45.8 Å². The van der Waals surface area contributed by atoms with Crippen LogP contribution in [0.1, 0.15) is 51.7 Å². The number of aryl methyl sites for hydroxylation is 1. The van der Waals surface area contributed by atoms with E-state index in [1.807, 2.05) is 34.6 Å². The number of aliphatic hydroxyl groups excluding tert-OH is 2. The molecule has 1 aliphatic heterocycles. The molecule has 1 unspecified atom stereocenters. The van der Waals surface area contributed by atoms with Crippen molar-refractivity contribution in [1.82, 2.24) is 0 Å². The van der Waals surface area contributed by atoms with Gasteiger partial charge in [-0.2, -0.15) is 0 Å². The van der Waals surface area contributed by atoms with Crippen LogP contribution in [0.25, 0.3) is 11.0 Å². The van der Waals surface area contributed by atoms with Crippen molar-refractivity contribution in [2.24, 2.45) is 0 Å². The molecule has 3 rings (SSSR count). The highest BCUT2D eigenvalue weighted by molar-refractivity contribution is 8.00. The van der Waals surface area contributed by atoms with Gasteiger partial charge in [-0.3, -0.25) is 0 Å². The van der Waals surface area contributed by atoms with Gasteiger partial charge in [0.2, 0.25) is 0 Å². The Kier molecular flexibility index (Phi) is 5.68. The van der Waals surface area contributed by atoms with Crippen molar-refractivity contribution in [3.63, 3.8) is 0 Å². The van der Waals surface area contributed by atoms with Crippen molar-refractivity contribution in [3.8, 4) is 5.75 Å². The first-order valence-electron chi connectivity index (χ1n) is 10.2. The highest BCUT2D eigenvalue weighted by atomic mass is 32.2. The van der Waals surface area contributed by atoms with E-state index in [4.69, 9.17) is 15.3 Å². The third-order valence-electron chi connectivity index (χ3n) is 6.12. The van der Waals surface area contributed by atoms with Gasteiger partial charge >= 0.3 is 5.63 Å². The molecule has 1 aromatic carbocycles. The summed E-state index contributed by atoms with van der Waals surface area (Å²) >= 11 is 1.38. The lowest BCUT2D eigenvalue weighted by Crippen LogP contribution is -2.61. The molecule has 160 valence electrons. The molecular formula is C22H30O6S. The van der Waals surface area contributed by atoms with E-state index in [0.29, 0.717) is 16.9 Å². The molecule has 1 saturated heterocycles. The molecule has 7 heteroatoms.